The summed E-state index contributed by atoms with van der Waals surface area (Å²) >= 11 is 6.15. The molecule has 2 N–H and O–H groups in total. The molecule has 1 nitrogen and oxygen atoms in total. The molecule has 4 heteroatoms. The first kappa shape index (κ1) is 13.8. The van der Waals surface area contributed by atoms with Crippen molar-refractivity contribution in [3.63, 3.8) is 0 Å². The van der Waals surface area contributed by atoms with Crippen molar-refractivity contribution in [2.45, 2.75) is 50.5 Å². The van der Waals surface area contributed by atoms with E-state index in [9.17, 15) is 8.78 Å². The zero-order valence-corrected chi connectivity index (χ0v) is 11.2. The minimum Gasteiger partial charge on any atom is -0.321 e. The molecule has 2 rings (SSSR count). The summed E-state index contributed by atoms with van der Waals surface area (Å²) in [6.45, 7) is 0.872. The van der Waals surface area contributed by atoms with E-state index in [0.29, 0.717) is 5.02 Å². The van der Waals surface area contributed by atoms with Crippen LogP contribution >= 0.6 is 11.6 Å². The highest BCUT2D eigenvalue weighted by Gasteiger charge is 2.33. The fourth-order valence-electron chi connectivity index (χ4n) is 2.64. The van der Waals surface area contributed by atoms with Crippen molar-refractivity contribution >= 4 is 11.6 Å². The highest BCUT2D eigenvalue weighted by Crippen LogP contribution is 2.40. The Hall–Kier alpha value is -0.670. The molecule has 0 radical (unpaired) electrons. The van der Waals surface area contributed by atoms with Crippen LogP contribution in [0.15, 0.2) is 18.2 Å². The summed E-state index contributed by atoms with van der Waals surface area (Å²) in [4.78, 5) is 0. The van der Waals surface area contributed by atoms with Gasteiger partial charge in [0.05, 0.1) is 0 Å². The van der Waals surface area contributed by atoms with Crippen LogP contribution in [-0.4, -0.2) is 0 Å². The summed E-state index contributed by atoms with van der Waals surface area (Å²) in [7, 11) is 0. The number of halogens is 3. The lowest BCUT2D eigenvalue weighted by Gasteiger charge is -2.34. The summed E-state index contributed by atoms with van der Waals surface area (Å²) in [6, 6.07) is 4.45. The quantitative estimate of drug-likeness (QED) is 0.839. The monoisotopic (exact) mass is 273 g/mol. The van der Waals surface area contributed by atoms with Crippen LogP contribution in [-0.2, 0) is 11.5 Å². The van der Waals surface area contributed by atoms with E-state index in [0.717, 1.165) is 38.2 Å². The van der Waals surface area contributed by atoms with Crippen molar-refractivity contribution in [3.05, 3.63) is 34.3 Å². The molecule has 1 aromatic carbocycles. The molecule has 1 fully saturated rings. The second-order valence-electron chi connectivity index (χ2n) is 5.30. The third-order valence-electron chi connectivity index (χ3n) is 3.76. The lowest BCUT2D eigenvalue weighted by atomic mass is 9.77. The van der Waals surface area contributed by atoms with Gasteiger partial charge in [-0.15, -0.1) is 0 Å². The van der Waals surface area contributed by atoms with Gasteiger partial charge in [0.25, 0.3) is 5.92 Å². The summed E-state index contributed by atoms with van der Waals surface area (Å²) in [5.41, 5.74) is 6.66. The van der Waals surface area contributed by atoms with Gasteiger partial charge in [-0.1, -0.05) is 43.0 Å². The van der Waals surface area contributed by atoms with E-state index in [2.05, 4.69) is 0 Å². The largest absolute Gasteiger partial charge is 0.321 e. The number of hydrogen-bond donors (Lipinski definition) is 1. The van der Waals surface area contributed by atoms with E-state index < -0.39 is 11.5 Å². The molecule has 1 aliphatic rings. The van der Waals surface area contributed by atoms with Crippen molar-refractivity contribution < 1.29 is 8.78 Å². The van der Waals surface area contributed by atoms with E-state index in [1.54, 1.807) is 6.07 Å². The molecule has 0 spiro atoms. The molecule has 1 aliphatic carbocycles. The predicted molar refractivity (Wildman–Crippen MR) is 70.0 cm³/mol. The van der Waals surface area contributed by atoms with Gasteiger partial charge in [0.2, 0.25) is 0 Å². The number of hydrogen-bond acceptors (Lipinski definition) is 1. The van der Waals surface area contributed by atoms with Crippen molar-refractivity contribution in [1.82, 2.24) is 0 Å². The van der Waals surface area contributed by atoms with Gasteiger partial charge >= 0.3 is 0 Å². The molecule has 0 amide bonds. The minimum absolute atomic E-state index is 0.0596. The van der Waals surface area contributed by atoms with Gasteiger partial charge in [-0.05, 0) is 24.5 Å². The Balaban J connectivity index is 2.35. The van der Waals surface area contributed by atoms with E-state index in [1.165, 1.54) is 18.6 Å². The molecule has 18 heavy (non-hydrogen) atoms. The molecule has 0 aromatic heterocycles. The van der Waals surface area contributed by atoms with Crippen LogP contribution in [0.3, 0.4) is 0 Å². The van der Waals surface area contributed by atoms with Gasteiger partial charge < -0.3 is 5.73 Å². The predicted octanol–water partition coefficient (Wildman–Crippen LogP) is 4.57. The average molecular weight is 274 g/mol. The first-order valence-electron chi connectivity index (χ1n) is 6.30. The lowest BCUT2D eigenvalue weighted by molar-refractivity contribution is 0.0174. The summed E-state index contributed by atoms with van der Waals surface area (Å²) in [5, 5.41) is 0.360. The fourth-order valence-corrected chi connectivity index (χ4v) is 3.01. The van der Waals surface area contributed by atoms with E-state index >= 15 is 0 Å². The van der Waals surface area contributed by atoms with Crippen LogP contribution in [0.2, 0.25) is 5.02 Å². The highest BCUT2D eigenvalue weighted by molar-refractivity contribution is 6.31. The normalized spacial score (nSPS) is 19.8. The number of nitrogens with two attached hydrogens (primary N) is 1. The number of benzene rings is 1. The molecule has 0 atom stereocenters. The SMILES string of the molecule is CC(F)(F)c1ccc(C2(N)CCCCC2)c(Cl)c1. The highest BCUT2D eigenvalue weighted by atomic mass is 35.5. The molecule has 1 aromatic rings. The maximum atomic E-state index is 13.2. The second kappa shape index (κ2) is 4.78. The van der Waals surface area contributed by atoms with Gasteiger partial charge in [0.15, 0.2) is 0 Å². The topological polar surface area (TPSA) is 26.0 Å². The van der Waals surface area contributed by atoms with Crippen LogP contribution < -0.4 is 5.73 Å². The second-order valence-corrected chi connectivity index (χ2v) is 5.71. The third kappa shape index (κ3) is 2.67. The van der Waals surface area contributed by atoms with E-state index in [1.807, 2.05) is 0 Å². The molecular weight excluding hydrogens is 256 g/mol. The lowest BCUT2D eigenvalue weighted by Crippen LogP contribution is -2.38. The third-order valence-corrected chi connectivity index (χ3v) is 4.07. The Morgan fingerprint density at radius 2 is 1.83 bits per heavy atom. The first-order chi connectivity index (χ1) is 8.33. The minimum atomic E-state index is -2.86. The van der Waals surface area contributed by atoms with E-state index in [-0.39, 0.29) is 5.56 Å². The zero-order valence-electron chi connectivity index (χ0n) is 10.5. The Morgan fingerprint density at radius 3 is 2.33 bits per heavy atom. The Kier molecular flexibility index (Phi) is 3.65. The maximum Gasteiger partial charge on any atom is 0.270 e. The summed E-state index contributed by atoms with van der Waals surface area (Å²) in [6.07, 6.45) is 5.06. The molecule has 0 unspecified atom stereocenters. The smallest absolute Gasteiger partial charge is 0.270 e. The van der Waals surface area contributed by atoms with Gasteiger partial charge in [-0.2, -0.15) is 0 Å². The molecule has 0 heterocycles. The van der Waals surface area contributed by atoms with Crippen LogP contribution in [0.25, 0.3) is 0 Å². The van der Waals surface area contributed by atoms with Crippen molar-refractivity contribution in [2.24, 2.45) is 5.73 Å². The van der Waals surface area contributed by atoms with E-state index in [4.69, 9.17) is 17.3 Å². The summed E-state index contributed by atoms with van der Waals surface area (Å²) in [5.74, 6) is -2.86. The first-order valence-corrected chi connectivity index (χ1v) is 6.68. The van der Waals surface area contributed by atoms with Crippen molar-refractivity contribution in [3.8, 4) is 0 Å². The van der Waals surface area contributed by atoms with Crippen LogP contribution in [0.5, 0.6) is 0 Å². The van der Waals surface area contributed by atoms with Gasteiger partial charge in [-0.25, -0.2) is 8.78 Å². The molecule has 0 aliphatic heterocycles. The fraction of sp³-hybridized carbons (Fsp3) is 0.571. The molecule has 0 bridgehead atoms. The van der Waals surface area contributed by atoms with Crippen molar-refractivity contribution in [1.29, 1.82) is 0 Å². The Bertz CT molecular complexity index is 434. The molecule has 0 saturated heterocycles. The van der Waals surface area contributed by atoms with Crippen LogP contribution in [0.4, 0.5) is 8.78 Å². The Morgan fingerprint density at radius 1 is 1.22 bits per heavy atom. The molecular formula is C14H18ClF2N. The number of alkyl halides is 2. The van der Waals surface area contributed by atoms with Gasteiger partial charge in [0.1, 0.15) is 0 Å². The van der Waals surface area contributed by atoms with Crippen molar-refractivity contribution in [2.75, 3.05) is 0 Å². The van der Waals surface area contributed by atoms with Gasteiger partial charge in [-0.3, -0.25) is 0 Å². The molecule has 1 saturated carbocycles. The van der Waals surface area contributed by atoms with Crippen LogP contribution in [0.1, 0.15) is 50.2 Å². The number of rotatable bonds is 2. The van der Waals surface area contributed by atoms with Crippen LogP contribution in [0, 0.1) is 0 Å². The standard InChI is InChI=1S/C14H18ClF2N/c1-13(16,17)10-5-6-11(12(15)9-10)14(18)7-3-2-4-8-14/h5-6,9H,2-4,7-8,18H2,1H3. The zero-order chi connectivity index (χ0) is 13.4. The molecule has 100 valence electrons. The average Bonchev–Trinajstić information content (AvgIpc) is 2.28. The Labute approximate surface area is 111 Å². The maximum absolute atomic E-state index is 13.2. The summed E-state index contributed by atoms with van der Waals surface area (Å²) < 4.78 is 26.4. The van der Waals surface area contributed by atoms with Gasteiger partial charge in [0, 0.05) is 23.0 Å².